The van der Waals surface area contributed by atoms with Crippen LogP contribution in [0.2, 0.25) is 0 Å². The van der Waals surface area contributed by atoms with Crippen LogP contribution < -0.4 is 0 Å². The van der Waals surface area contributed by atoms with Gasteiger partial charge in [-0.3, -0.25) is 0 Å². The third-order valence-electron chi connectivity index (χ3n) is 4.74. The van der Waals surface area contributed by atoms with Crippen molar-refractivity contribution in [3.63, 3.8) is 0 Å². The number of rotatable bonds is 5. The molecule has 0 heterocycles. The van der Waals surface area contributed by atoms with Gasteiger partial charge in [-0.1, -0.05) is 53.7 Å². The van der Waals surface area contributed by atoms with Gasteiger partial charge in [0.2, 0.25) is 0 Å². The van der Waals surface area contributed by atoms with Crippen LogP contribution in [0.15, 0.2) is 23.1 Å². The number of carboxylic acid groups (broad SMARTS) is 1. The maximum absolute atomic E-state index is 10.8. The number of carbonyl (C=O) groups is 1. The van der Waals surface area contributed by atoms with Gasteiger partial charge >= 0.3 is 5.97 Å². The minimum Gasteiger partial charge on any atom is -0.480 e. The Bertz CT molecular complexity index is 611. The van der Waals surface area contributed by atoms with Gasteiger partial charge < -0.3 is 9.84 Å². The molecule has 1 aliphatic rings. The van der Waals surface area contributed by atoms with E-state index in [1.165, 1.54) is 16.0 Å². The molecule has 0 aliphatic heterocycles. The zero-order chi connectivity index (χ0) is 18.8. The lowest BCUT2D eigenvalue weighted by atomic mass is 9.81. The molecule has 1 fully saturated rings. The molecular formula is C21H32O3S. The summed E-state index contributed by atoms with van der Waals surface area (Å²) in [5, 5.41) is 9.21. The Balaban J connectivity index is 2.24. The third kappa shape index (κ3) is 5.49. The van der Waals surface area contributed by atoms with E-state index in [0.29, 0.717) is 5.25 Å². The highest BCUT2D eigenvalue weighted by Crippen LogP contribution is 2.42. The Morgan fingerprint density at radius 3 is 2.40 bits per heavy atom. The smallest absolute Gasteiger partial charge is 0.329 e. The maximum atomic E-state index is 10.8. The van der Waals surface area contributed by atoms with Crippen LogP contribution in [0.1, 0.15) is 71.9 Å². The summed E-state index contributed by atoms with van der Waals surface area (Å²) in [5.74, 6) is -0.888. The predicted molar refractivity (Wildman–Crippen MR) is 105 cm³/mol. The van der Waals surface area contributed by atoms with Gasteiger partial charge in [0.15, 0.2) is 0 Å². The fraction of sp³-hybridized carbons (Fsp3) is 0.667. The van der Waals surface area contributed by atoms with Crippen LogP contribution in [0.4, 0.5) is 0 Å². The lowest BCUT2D eigenvalue weighted by Gasteiger charge is -2.29. The second-order valence-corrected chi connectivity index (χ2v) is 10.3. The van der Waals surface area contributed by atoms with Crippen LogP contribution in [-0.2, 0) is 20.4 Å². The molecule has 0 unspecified atom stereocenters. The largest absolute Gasteiger partial charge is 0.480 e. The quantitative estimate of drug-likeness (QED) is 0.760. The number of carboxylic acids is 1. The van der Waals surface area contributed by atoms with Gasteiger partial charge in [-0.25, -0.2) is 4.79 Å². The molecule has 1 aliphatic carbocycles. The molecule has 25 heavy (non-hydrogen) atoms. The first-order valence-electron chi connectivity index (χ1n) is 9.13. The number of benzene rings is 1. The van der Waals surface area contributed by atoms with Gasteiger partial charge in [0, 0.05) is 10.1 Å². The van der Waals surface area contributed by atoms with E-state index in [1.807, 2.05) is 11.8 Å². The van der Waals surface area contributed by atoms with Crippen molar-refractivity contribution >= 4 is 17.7 Å². The van der Waals surface area contributed by atoms with Crippen LogP contribution in [-0.4, -0.2) is 29.0 Å². The highest BCUT2D eigenvalue weighted by atomic mass is 32.2. The molecule has 0 saturated heterocycles. The Kier molecular flexibility index (Phi) is 6.26. The fourth-order valence-corrected chi connectivity index (χ4v) is 4.86. The van der Waals surface area contributed by atoms with Crippen molar-refractivity contribution in [3.05, 3.63) is 29.3 Å². The van der Waals surface area contributed by atoms with E-state index in [1.54, 1.807) is 0 Å². The monoisotopic (exact) mass is 364 g/mol. The summed E-state index contributed by atoms with van der Waals surface area (Å²) in [7, 11) is 0. The number of hydrogen-bond acceptors (Lipinski definition) is 3. The molecule has 0 bridgehead atoms. The van der Waals surface area contributed by atoms with Crippen molar-refractivity contribution in [1.82, 2.24) is 0 Å². The molecule has 4 heteroatoms. The highest BCUT2D eigenvalue weighted by Gasteiger charge is 2.31. The van der Waals surface area contributed by atoms with E-state index in [4.69, 9.17) is 9.84 Å². The lowest BCUT2D eigenvalue weighted by Crippen LogP contribution is -2.24. The zero-order valence-corrected chi connectivity index (χ0v) is 17.2. The number of thioether (sulfide) groups is 1. The molecule has 3 nitrogen and oxygen atoms in total. The van der Waals surface area contributed by atoms with Gasteiger partial charge in [0.1, 0.15) is 6.61 Å². The van der Waals surface area contributed by atoms with Crippen molar-refractivity contribution in [2.45, 2.75) is 87.9 Å². The zero-order valence-electron chi connectivity index (χ0n) is 16.4. The summed E-state index contributed by atoms with van der Waals surface area (Å²) in [4.78, 5) is 12.1. The van der Waals surface area contributed by atoms with Gasteiger partial charge in [0.05, 0.1) is 6.10 Å². The Hall–Kier alpha value is -1.00. The minimum atomic E-state index is -0.888. The number of ether oxygens (including phenoxy) is 1. The van der Waals surface area contributed by atoms with E-state index < -0.39 is 5.97 Å². The summed E-state index contributed by atoms with van der Waals surface area (Å²) < 4.78 is 5.63. The second-order valence-electron chi connectivity index (χ2n) is 9.04. The molecule has 0 radical (unpaired) electrons. The molecule has 1 saturated carbocycles. The van der Waals surface area contributed by atoms with Gasteiger partial charge in [-0.05, 0) is 47.3 Å². The molecule has 140 valence electrons. The first-order valence-corrected chi connectivity index (χ1v) is 10.0. The van der Waals surface area contributed by atoms with Crippen molar-refractivity contribution < 1.29 is 14.6 Å². The highest BCUT2D eigenvalue weighted by molar-refractivity contribution is 8.00. The van der Waals surface area contributed by atoms with E-state index in [2.05, 4.69) is 59.7 Å². The van der Waals surface area contributed by atoms with Crippen LogP contribution in [0.25, 0.3) is 0 Å². The van der Waals surface area contributed by atoms with Crippen LogP contribution in [0, 0.1) is 0 Å². The Labute approximate surface area is 156 Å². The van der Waals surface area contributed by atoms with Crippen molar-refractivity contribution in [2.24, 2.45) is 0 Å². The van der Waals surface area contributed by atoms with E-state index >= 15 is 0 Å². The van der Waals surface area contributed by atoms with Gasteiger partial charge in [-0.2, -0.15) is 0 Å². The van der Waals surface area contributed by atoms with Crippen LogP contribution in [0.5, 0.6) is 0 Å². The van der Waals surface area contributed by atoms with Crippen LogP contribution in [0.3, 0.4) is 0 Å². The summed E-state index contributed by atoms with van der Waals surface area (Å²) >= 11 is 1.87. The third-order valence-corrected chi connectivity index (χ3v) is 6.20. The maximum Gasteiger partial charge on any atom is 0.329 e. The number of hydrogen-bond donors (Lipinski definition) is 1. The molecule has 1 aromatic carbocycles. The molecule has 0 aromatic heterocycles. The Morgan fingerprint density at radius 2 is 1.84 bits per heavy atom. The van der Waals surface area contributed by atoms with Crippen molar-refractivity contribution in [1.29, 1.82) is 0 Å². The average Bonchev–Trinajstić information content (AvgIpc) is 2.90. The Morgan fingerprint density at radius 1 is 1.16 bits per heavy atom. The van der Waals surface area contributed by atoms with Crippen molar-refractivity contribution in [2.75, 3.05) is 6.61 Å². The van der Waals surface area contributed by atoms with Crippen LogP contribution >= 0.6 is 11.8 Å². The fourth-order valence-electron chi connectivity index (χ4n) is 3.24. The molecule has 0 spiro atoms. The second kappa shape index (κ2) is 7.71. The van der Waals surface area contributed by atoms with Gasteiger partial charge in [-0.15, -0.1) is 11.8 Å². The van der Waals surface area contributed by atoms with E-state index in [9.17, 15) is 4.79 Å². The molecule has 2 atom stereocenters. The van der Waals surface area contributed by atoms with E-state index in [-0.39, 0.29) is 23.5 Å². The minimum absolute atomic E-state index is 0.0382. The summed E-state index contributed by atoms with van der Waals surface area (Å²) in [6.07, 6.45) is 3.18. The first kappa shape index (κ1) is 20.3. The summed E-state index contributed by atoms with van der Waals surface area (Å²) in [5.41, 5.74) is 2.92. The normalized spacial score (nSPS) is 21.5. The molecular weight excluding hydrogens is 332 g/mol. The lowest BCUT2D eigenvalue weighted by molar-refractivity contribution is -0.144. The molecule has 1 N–H and O–H groups in total. The van der Waals surface area contributed by atoms with E-state index in [0.717, 1.165) is 19.3 Å². The molecule has 1 aromatic rings. The standard InChI is InChI=1S/C21H32O3S/c1-20(2,3)14-10-11-17(15(12-14)21(4,5)6)25-18-9-7-8-16(18)24-13-19(22)23/h10-12,16,18H,7-9,13H2,1-6H3,(H,22,23)/t16-,18-/m1/s1. The number of aliphatic carboxylic acids is 1. The topological polar surface area (TPSA) is 46.5 Å². The average molecular weight is 365 g/mol. The summed E-state index contributed by atoms with van der Waals surface area (Å²) in [6.45, 7) is 13.3. The summed E-state index contributed by atoms with van der Waals surface area (Å²) in [6, 6.07) is 6.84. The SMILES string of the molecule is CC(C)(C)c1ccc(S[C@@H]2CCC[C@H]2OCC(=O)O)c(C(C)(C)C)c1. The molecule has 0 amide bonds. The first-order chi connectivity index (χ1) is 11.5. The predicted octanol–water partition coefficient (Wildman–Crippen LogP) is 5.40. The van der Waals surface area contributed by atoms with Gasteiger partial charge in [0.25, 0.3) is 0 Å². The molecule has 2 rings (SSSR count). The van der Waals surface area contributed by atoms with Crippen molar-refractivity contribution in [3.8, 4) is 0 Å².